The van der Waals surface area contributed by atoms with Crippen LogP contribution in [0.25, 0.3) is 0 Å². The summed E-state index contributed by atoms with van der Waals surface area (Å²) in [6.07, 6.45) is 1.37. The van der Waals surface area contributed by atoms with Crippen molar-refractivity contribution in [1.29, 1.82) is 0 Å². The Morgan fingerprint density at radius 2 is 1.82 bits per heavy atom. The molecule has 148 valence electrons. The fourth-order valence-electron chi connectivity index (χ4n) is 3.84. The first-order valence-corrected chi connectivity index (χ1v) is 11.0. The van der Waals surface area contributed by atoms with Crippen molar-refractivity contribution in [2.24, 2.45) is 5.92 Å². The lowest BCUT2D eigenvalue weighted by molar-refractivity contribution is -0.123. The molecule has 28 heavy (non-hydrogen) atoms. The quantitative estimate of drug-likeness (QED) is 0.795. The molecule has 2 aromatic carbocycles. The monoisotopic (exact) mass is 400 g/mol. The van der Waals surface area contributed by atoms with Gasteiger partial charge in [-0.15, -0.1) is 0 Å². The van der Waals surface area contributed by atoms with E-state index in [1.165, 1.54) is 4.31 Å². The predicted molar refractivity (Wildman–Crippen MR) is 107 cm³/mol. The zero-order chi connectivity index (χ0) is 19.7. The van der Waals surface area contributed by atoms with Crippen LogP contribution in [0.1, 0.15) is 18.4 Å². The summed E-state index contributed by atoms with van der Waals surface area (Å²) in [5.74, 6) is 0.321. The van der Waals surface area contributed by atoms with Crippen molar-refractivity contribution < 1.29 is 17.9 Å². The number of fused-ring (bicyclic) bond motifs is 1. The Morgan fingerprint density at radius 3 is 2.61 bits per heavy atom. The molecule has 4 rings (SSSR count). The van der Waals surface area contributed by atoms with Crippen molar-refractivity contribution in [3.8, 4) is 5.75 Å². The number of amides is 1. The van der Waals surface area contributed by atoms with Crippen LogP contribution in [0.4, 0.5) is 5.69 Å². The maximum atomic E-state index is 13.2. The number of nitrogens with zero attached hydrogens (tertiary/aromatic N) is 2. The molecular weight excluding hydrogens is 376 g/mol. The second kappa shape index (κ2) is 7.56. The Bertz CT molecular complexity index is 972. The van der Waals surface area contributed by atoms with Crippen LogP contribution in [-0.4, -0.2) is 44.9 Å². The van der Waals surface area contributed by atoms with Crippen LogP contribution in [0.5, 0.6) is 5.75 Å². The Kier molecular flexibility index (Phi) is 5.12. The van der Waals surface area contributed by atoms with Gasteiger partial charge in [0.25, 0.3) is 0 Å². The normalized spacial score (nSPS) is 20.3. The first-order valence-electron chi connectivity index (χ1n) is 9.57. The molecule has 0 N–H and O–H groups in total. The number of rotatable bonds is 3. The summed E-state index contributed by atoms with van der Waals surface area (Å²) in [5.41, 5.74) is 1.77. The molecule has 7 heteroatoms. The minimum Gasteiger partial charge on any atom is -0.490 e. The van der Waals surface area contributed by atoms with Crippen LogP contribution in [-0.2, 0) is 14.8 Å². The van der Waals surface area contributed by atoms with Gasteiger partial charge >= 0.3 is 0 Å². The number of carbonyl (C=O) groups is 1. The lowest BCUT2D eigenvalue weighted by Gasteiger charge is -2.36. The third kappa shape index (κ3) is 3.52. The van der Waals surface area contributed by atoms with E-state index in [1.54, 1.807) is 29.2 Å². The fourth-order valence-corrected chi connectivity index (χ4v) is 5.36. The molecule has 1 amide bonds. The van der Waals surface area contributed by atoms with E-state index >= 15 is 0 Å². The molecule has 0 bridgehead atoms. The summed E-state index contributed by atoms with van der Waals surface area (Å²) in [4.78, 5) is 15.2. The summed E-state index contributed by atoms with van der Waals surface area (Å²) >= 11 is 0. The average molecular weight is 401 g/mol. The van der Waals surface area contributed by atoms with E-state index in [0.717, 1.165) is 11.3 Å². The molecule has 2 aliphatic rings. The van der Waals surface area contributed by atoms with Gasteiger partial charge in [-0.2, -0.15) is 4.31 Å². The highest BCUT2D eigenvalue weighted by molar-refractivity contribution is 7.89. The maximum absolute atomic E-state index is 13.2. The highest BCUT2D eigenvalue weighted by Crippen LogP contribution is 2.33. The van der Waals surface area contributed by atoms with Gasteiger partial charge in [-0.1, -0.05) is 29.8 Å². The van der Waals surface area contributed by atoms with E-state index in [1.807, 2.05) is 31.2 Å². The molecule has 1 saturated heterocycles. The number of para-hydroxylation sites is 2. The van der Waals surface area contributed by atoms with Crippen molar-refractivity contribution in [1.82, 2.24) is 4.31 Å². The summed E-state index contributed by atoms with van der Waals surface area (Å²) in [6.45, 7) is 3.51. The van der Waals surface area contributed by atoms with Gasteiger partial charge in [0.15, 0.2) is 0 Å². The van der Waals surface area contributed by atoms with Crippen LogP contribution in [0.15, 0.2) is 53.4 Å². The number of anilines is 1. The van der Waals surface area contributed by atoms with Gasteiger partial charge in [0, 0.05) is 13.1 Å². The topological polar surface area (TPSA) is 66.9 Å². The predicted octanol–water partition coefficient (Wildman–Crippen LogP) is 2.82. The summed E-state index contributed by atoms with van der Waals surface area (Å²) in [6, 6.07) is 14.3. The number of carbonyl (C=O) groups excluding carboxylic acids is 1. The van der Waals surface area contributed by atoms with E-state index in [-0.39, 0.29) is 23.3 Å². The molecule has 0 radical (unpaired) electrons. The number of benzene rings is 2. The van der Waals surface area contributed by atoms with Crippen LogP contribution >= 0.6 is 0 Å². The standard InChI is InChI=1S/C21H24N2O4S/c1-16-8-10-18(11-9-16)28(25,26)22-12-4-5-17(15-22)21(24)23-13-14-27-20-7-3-2-6-19(20)23/h2-3,6-11,17H,4-5,12-15H2,1H3/t17-/m0/s1. The molecule has 0 unspecified atom stereocenters. The minimum absolute atomic E-state index is 0.0282. The van der Waals surface area contributed by atoms with Gasteiger partial charge in [-0.05, 0) is 44.0 Å². The summed E-state index contributed by atoms with van der Waals surface area (Å²) < 4.78 is 33.1. The van der Waals surface area contributed by atoms with Crippen molar-refractivity contribution in [3.63, 3.8) is 0 Å². The third-order valence-electron chi connectivity index (χ3n) is 5.39. The molecule has 0 saturated carbocycles. The zero-order valence-corrected chi connectivity index (χ0v) is 16.7. The SMILES string of the molecule is Cc1ccc(S(=O)(=O)N2CCC[C@H](C(=O)N3CCOc4ccccc43)C2)cc1. The van der Waals surface area contributed by atoms with Crippen molar-refractivity contribution in [3.05, 3.63) is 54.1 Å². The van der Waals surface area contributed by atoms with E-state index < -0.39 is 10.0 Å². The second-order valence-corrected chi connectivity index (χ2v) is 9.26. The Labute approximate surface area is 165 Å². The van der Waals surface area contributed by atoms with Gasteiger partial charge < -0.3 is 9.64 Å². The second-order valence-electron chi connectivity index (χ2n) is 7.32. The van der Waals surface area contributed by atoms with Gasteiger partial charge in [0.2, 0.25) is 15.9 Å². The molecule has 2 heterocycles. The molecule has 2 aliphatic heterocycles. The van der Waals surface area contributed by atoms with Crippen molar-refractivity contribution in [2.75, 3.05) is 31.1 Å². The van der Waals surface area contributed by atoms with Gasteiger partial charge in [-0.25, -0.2) is 8.42 Å². The number of aryl methyl sites for hydroxylation is 1. The number of hydrogen-bond donors (Lipinski definition) is 0. The molecular formula is C21H24N2O4S. The molecule has 2 aromatic rings. The molecule has 0 aromatic heterocycles. The van der Waals surface area contributed by atoms with Crippen molar-refractivity contribution >= 4 is 21.6 Å². The van der Waals surface area contributed by atoms with Crippen LogP contribution in [0.2, 0.25) is 0 Å². The Morgan fingerprint density at radius 1 is 1.07 bits per heavy atom. The highest BCUT2D eigenvalue weighted by atomic mass is 32.2. The Hall–Kier alpha value is -2.38. The molecule has 1 fully saturated rings. The maximum Gasteiger partial charge on any atom is 0.243 e. The van der Waals surface area contributed by atoms with Crippen LogP contribution < -0.4 is 9.64 Å². The number of piperidine rings is 1. The Balaban J connectivity index is 1.54. The first-order chi connectivity index (χ1) is 13.5. The first kappa shape index (κ1) is 19.0. The van der Waals surface area contributed by atoms with Crippen molar-refractivity contribution in [2.45, 2.75) is 24.7 Å². The van der Waals surface area contributed by atoms with E-state index in [9.17, 15) is 13.2 Å². The lowest BCUT2D eigenvalue weighted by atomic mass is 9.97. The van der Waals surface area contributed by atoms with Gasteiger partial charge in [0.1, 0.15) is 12.4 Å². The number of sulfonamides is 1. The largest absolute Gasteiger partial charge is 0.490 e. The van der Waals surface area contributed by atoms with Crippen LogP contribution in [0, 0.1) is 12.8 Å². The molecule has 6 nitrogen and oxygen atoms in total. The highest BCUT2D eigenvalue weighted by Gasteiger charge is 2.36. The molecule has 1 atom stereocenters. The van der Waals surface area contributed by atoms with Gasteiger partial charge in [0.05, 0.1) is 23.0 Å². The summed E-state index contributed by atoms with van der Waals surface area (Å²) in [7, 11) is -3.60. The number of hydrogen-bond acceptors (Lipinski definition) is 4. The van der Waals surface area contributed by atoms with E-state index in [2.05, 4.69) is 0 Å². The van der Waals surface area contributed by atoms with Gasteiger partial charge in [-0.3, -0.25) is 4.79 Å². The fraction of sp³-hybridized carbons (Fsp3) is 0.381. The lowest BCUT2D eigenvalue weighted by Crippen LogP contribution is -2.48. The van der Waals surface area contributed by atoms with Crippen LogP contribution in [0.3, 0.4) is 0 Å². The number of ether oxygens (including phenoxy) is 1. The average Bonchev–Trinajstić information content (AvgIpc) is 2.73. The third-order valence-corrected chi connectivity index (χ3v) is 7.27. The van der Waals surface area contributed by atoms with E-state index in [0.29, 0.717) is 38.3 Å². The molecule has 0 aliphatic carbocycles. The van der Waals surface area contributed by atoms with E-state index in [4.69, 9.17) is 4.74 Å². The minimum atomic E-state index is -3.60. The summed E-state index contributed by atoms with van der Waals surface area (Å²) in [5, 5.41) is 0. The smallest absolute Gasteiger partial charge is 0.243 e. The molecule has 0 spiro atoms. The zero-order valence-electron chi connectivity index (χ0n) is 15.9.